The summed E-state index contributed by atoms with van der Waals surface area (Å²) in [5.74, 6) is 0.673. The van der Waals surface area contributed by atoms with Gasteiger partial charge in [0.15, 0.2) is 0 Å². The molecule has 1 saturated heterocycles. The van der Waals surface area contributed by atoms with Crippen molar-refractivity contribution in [1.29, 1.82) is 0 Å². The highest BCUT2D eigenvalue weighted by molar-refractivity contribution is 5.78. The van der Waals surface area contributed by atoms with Crippen molar-refractivity contribution in [2.75, 3.05) is 39.9 Å². The van der Waals surface area contributed by atoms with Crippen LogP contribution in [0.1, 0.15) is 29.7 Å². The van der Waals surface area contributed by atoms with Gasteiger partial charge in [-0.1, -0.05) is 24.3 Å². The number of amides is 1. The van der Waals surface area contributed by atoms with Crippen molar-refractivity contribution in [3.63, 3.8) is 0 Å². The maximum atomic E-state index is 12.9. The van der Waals surface area contributed by atoms with Crippen LogP contribution in [0.3, 0.4) is 0 Å². The van der Waals surface area contributed by atoms with Gasteiger partial charge in [0.25, 0.3) is 0 Å². The molecule has 0 spiro atoms. The molecule has 0 unspecified atom stereocenters. The third kappa shape index (κ3) is 5.06. The van der Waals surface area contributed by atoms with Crippen molar-refractivity contribution in [2.24, 2.45) is 5.92 Å². The predicted molar refractivity (Wildman–Crippen MR) is 113 cm³/mol. The number of rotatable bonds is 8. The summed E-state index contributed by atoms with van der Waals surface area (Å²) in [4.78, 5) is 24.6. The van der Waals surface area contributed by atoms with Crippen molar-refractivity contribution in [2.45, 2.75) is 38.1 Å². The first-order chi connectivity index (χ1) is 14.2. The number of methoxy groups -OCH3 is 1. The monoisotopic (exact) mass is 396 g/mol. The maximum absolute atomic E-state index is 12.9. The number of nitrogens with zero attached hydrogens (tertiary/aromatic N) is 3. The van der Waals surface area contributed by atoms with Gasteiger partial charge in [-0.2, -0.15) is 0 Å². The summed E-state index contributed by atoms with van der Waals surface area (Å²) in [7, 11) is 1.69. The molecule has 1 aliphatic heterocycles. The molecule has 1 N–H and O–H groups in total. The highest BCUT2D eigenvalue weighted by atomic mass is 16.5. The van der Waals surface area contributed by atoms with Crippen LogP contribution in [0.2, 0.25) is 0 Å². The summed E-state index contributed by atoms with van der Waals surface area (Å²) in [5, 5.41) is 0. The maximum Gasteiger partial charge on any atom is 0.228 e. The molecular formula is C23H32N4O2. The van der Waals surface area contributed by atoms with Crippen LogP contribution < -0.4 is 0 Å². The van der Waals surface area contributed by atoms with E-state index in [2.05, 4.69) is 39.1 Å². The van der Waals surface area contributed by atoms with Gasteiger partial charge in [0.2, 0.25) is 5.91 Å². The number of aromatic nitrogens is 2. The molecule has 1 aliphatic carbocycles. The van der Waals surface area contributed by atoms with E-state index in [0.29, 0.717) is 31.5 Å². The molecule has 1 amide bonds. The van der Waals surface area contributed by atoms with Crippen LogP contribution in [0.4, 0.5) is 0 Å². The Morgan fingerprint density at radius 3 is 2.79 bits per heavy atom. The predicted octanol–water partition coefficient (Wildman–Crippen LogP) is 2.31. The number of carbonyl (C=O) groups is 1. The number of likely N-dealkylation sites (tertiary alicyclic amines) is 1. The third-order valence-corrected chi connectivity index (χ3v) is 6.39. The van der Waals surface area contributed by atoms with Crippen LogP contribution in [0, 0.1) is 5.92 Å². The van der Waals surface area contributed by atoms with Crippen molar-refractivity contribution in [3.8, 4) is 0 Å². The number of fused-ring (bicyclic) bond motifs is 1. The molecule has 2 heterocycles. The van der Waals surface area contributed by atoms with Crippen LogP contribution in [0.25, 0.3) is 0 Å². The molecule has 29 heavy (non-hydrogen) atoms. The molecule has 1 aromatic carbocycles. The number of nitrogens with one attached hydrogen (secondary N) is 1. The lowest BCUT2D eigenvalue weighted by Crippen LogP contribution is -2.47. The lowest BCUT2D eigenvalue weighted by Gasteiger charge is -2.38. The Hall–Kier alpha value is -2.18. The molecule has 0 radical (unpaired) electrons. The molecule has 1 aromatic heterocycles. The van der Waals surface area contributed by atoms with Gasteiger partial charge >= 0.3 is 0 Å². The van der Waals surface area contributed by atoms with Gasteiger partial charge in [0.05, 0.1) is 19.4 Å². The summed E-state index contributed by atoms with van der Waals surface area (Å²) in [6, 6.07) is 9.47. The zero-order chi connectivity index (χ0) is 20.1. The molecular weight excluding hydrogens is 364 g/mol. The lowest BCUT2D eigenvalue weighted by atomic mass is 9.95. The number of imidazole rings is 1. The van der Waals surface area contributed by atoms with Crippen molar-refractivity contribution >= 4 is 5.91 Å². The number of H-pyrrole nitrogens is 1. The number of piperidine rings is 1. The fourth-order valence-corrected chi connectivity index (χ4v) is 4.86. The number of ether oxygens (including phenoxy) is 1. The normalized spacial score (nSPS) is 20.0. The van der Waals surface area contributed by atoms with Gasteiger partial charge in [-0.25, -0.2) is 4.98 Å². The van der Waals surface area contributed by atoms with Gasteiger partial charge in [0, 0.05) is 44.7 Å². The average molecular weight is 397 g/mol. The minimum atomic E-state index is 0.150. The largest absolute Gasteiger partial charge is 0.383 e. The summed E-state index contributed by atoms with van der Waals surface area (Å²) in [5.41, 5.74) is 3.89. The van der Waals surface area contributed by atoms with Crippen LogP contribution in [-0.2, 0) is 28.8 Å². The van der Waals surface area contributed by atoms with E-state index >= 15 is 0 Å². The van der Waals surface area contributed by atoms with Crippen molar-refractivity contribution in [3.05, 3.63) is 53.6 Å². The molecule has 2 aliphatic rings. The minimum absolute atomic E-state index is 0.150. The SMILES string of the molecule is COCCN(C[C@@H]1CCCN(C2Cc3ccccc3C2)C1)C(=O)Cc1cnc[nH]1. The Labute approximate surface area is 173 Å². The standard InChI is InChI=1S/C23H32N4O2/c1-29-10-9-27(23(28)13-21-14-24-17-25-21)16-18-5-4-8-26(15-18)22-11-19-6-2-3-7-20(19)12-22/h2-3,6-7,14,17-18,22H,4-5,8-13,15-16H2,1H3,(H,24,25)/t18-/m1/s1. The van der Waals surface area contributed by atoms with E-state index in [1.54, 1.807) is 19.6 Å². The van der Waals surface area contributed by atoms with E-state index in [1.807, 2.05) is 4.90 Å². The molecule has 4 rings (SSSR count). The fourth-order valence-electron chi connectivity index (χ4n) is 4.86. The Morgan fingerprint density at radius 2 is 2.10 bits per heavy atom. The molecule has 1 fully saturated rings. The van der Waals surface area contributed by atoms with Crippen molar-refractivity contribution in [1.82, 2.24) is 19.8 Å². The lowest BCUT2D eigenvalue weighted by molar-refractivity contribution is -0.132. The second-order valence-electron chi connectivity index (χ2n) is 8.42. The highest BCUT2D eigenvalue weighted by Crippen LogP contribution is 2.29. The molecule has 6 nitrogen and oxygen atoms in total. The number of benzene rings is 1. The third-order valence-electron chi connectivity index (χ3n) is 6.39. The number of carbonyl (C=O) groups excluding carboxylic acids is 1. The molecule has 0 saturated carbocycles. The average Bonchev–Trinajstić information content (AvgIpc) is 3.40. The van der Waals surface area contributed by atoms with Crippen molar-refractivity contribution < 1.29 is 9.53 Å². The van der Waals surface area contributed by atoms with Crippen LogP contribution in [0.15, 0.2) is 36.8 Å². The molecule has 0 bridgehead atoms. The van der Waals surface area contributed by atoms with E-state index in [9.17, 15) is 4.79 Å². The summed E-state index contributed by atoms with van der Waals surface area (Å²) >= 11 is 0. The quantitative estimate of drug-likeness (QED) is 0.744. The Bertz CT molecular complexity index is 767. The smallest absolute Gasteiger partial charge is 0.228 e. The van der Waals surface area contributed by atoms with E-state index in [0.717, 1.165) is 31.6 Å². The second-order valence-corrected chi connectivity index (χ2v) is 8.42. The Morgan fingerprint density at radius 1 is 1.31 bits per heavy atom. The number of hydrogen-bond donors (Lipinski definition) is 1. The van der Waals surface area contributed by atoms with E-state index in [1.165, 1.54) is 30.5 Å². The zero-order valence-electron chi connectivity index (χ0n) is 17.3. The minimum Gasteiger partial charge on any atom is -0.383 e. The number of hydrogen-bond acceptors (Lipinski definition) is 4. The van der Waals surface area contributed by atoms with E-state index in [-0.39, 0.29) is 5.91 Å². The summed E-state index contributed by atoms with van der Waals surface area (Å²) in [6.07, 6.45) is 8.46. The van der Waals surface area contributed by atoms with Gasteiger partial charge < -0.3 is 14.6 Å². The summed E-state index contributed by atoms with van der Waals surface area (Å²) < 4.78 is 5.26. The van der Waals surface area contributed by atoms with E-state index in [4.69, 9.17) is 4.74 Å². The van der Waals surface area contributed by atoms with Crippen LogP contribution >= 0.6 is 0 Å². The molecule has 1 atom stereocenters. The van der Waals surface area contributed by atoms with Gasteiger partial charge in [-0.15, -0.1) is 0 Å². The molecule has 156 valence electrons. The zero-order valence-corrected chi connectivity index (χ0v) is 17.3. The fraction of sp³-hybridized carbons (Fsp3) is 0.565. The van der Waals surface area contributed by atoms with Gasteiger partial charge in [0.1, 0.15) is 0 Å². The number of aromatic amines is 1. The Balaban J connectivity index is 1.35. The van der Waals surface area contributed by atoms with Crippen LogP contribution in [-0.4, -0.2) is 71.6 Å². The second kappa shape index (κ2) is 9.55. The Kier molecular flexibility index (Phi) is 6.62. The first-order valence-electron chi connectivity index (χ1n) is 10.8. The molecule has 6 heteroatoms. The molecule has 2 aromatic rings. The van der Waals surface area contributed by atoms with Gasteiger partial charge in [-0.3, -0.25) is 9.69 Å². The van der Waals surface area contributed by atoms with E-state index < -0.39 is 0 Å². The van der Waals surface area contributed by atoms with Crippen LogP contribution in [0.5, 0.6) is 0 Å². The first kappa shape index (κ1) is 20.1. The topological polar surface area (TPSA) is 61.5 Å². The highest BCUT2D eigenvalue weighted by Gasteiger charge is 2.31. The summed E-state index contributed by atoms with van der Waals surface area (Å²) in [6.45, 7) is 4.29. The first-order valence-corrected chi connectivity index (χ1v) is 10.8. The van der Waals surface area contributed by atoms with Gasteiger partial charge in [-0.05, 0) is 49.3 Å².